The molecule has 1 aliphatic rings. The molecule has 1 fully saturated rings. The number of nitrogens with zero attached hydrogens (tertiary/aromatic N) is 3. The van der Waals surface area contributed by atoms with Crippen molar-refractivity contribution in [1.29, 1.82) is 0 Å². The predicted molar refractivity (Wildman–Crippen MR) is 116 cm³/mol. The lowest BCUT2D eigenvalue weighted by Gasteiger charge is -2.31. The zero-order valence-electron chi connectivity index (χ0n) is 15.5. The van der Waals surface area contributed by atoms with Gasteiger partial charge in [0, 0.05) is 34.6 Å². The minimum Gasteiger partial charge on any atom is -0.342 e. The van der Waals surface area contributed by atoms with E-state index in [0.29, 0.717) is 28.7 Å². The maximum absolute atomic E-state index is 12.6. The molecule has 6 nitrogen and oxygen atoms in total. The van der Waals surface area contributed by atoms with Crippen LogP contribution in [0.25, 0.3) is 0 Å². The molecular weight excluding hydrogens is 428 g/mol. The van der Waals surface area contributed by atoms with E-state index in [2.05, 4.69) is 15.5 Å². The van der Waals surface area contributed by atoms with Crippen molar-refractivity contribution in [1.82, 2.24) is 15.1 Å². The predicted octanol–water partition coefficient (Wildman–Crippen LogP) is 4.45. The molecular formula is C20H19ClN4O2S2. The molecule has 1 atom stereocenters. The monoisotopic (exact) mass is 446 g/mol. The highest BCUT2D eigenvalue weighted by molar-refractivity contribution is 7.13. The van der Waals surface area contributed by atoms with Crippen LogP contribution in [0.2, 0.25) is 5.02 Å². The van der Waals surface area contributed by atoms with Crippen molar-refractivity contribution in [2.45, 2.75) is 25.2 Å². The summed E-state index contributed by atoms with van der Waals surface area (Å²) in [5.74, 6) is -0.0366. The van der Waals surface area contributed by atoms with Gasteiger partial charge >= 0.3 is 0 Å². The van der Waals surface area contributed by atoms with Crippen molar-refractivity contribution in [3.63, 3.8) is 0 Å². The van der Waals surface area contributed by atoms with Crippen LogP contribution in [0.1, 0.15) is 38.4 Å². The normalized spacial score (nSPS) is 16.6. The maximum Gasteiger partial charge on any atom is 0.286 e. The Kier molecular flexibility index (Phi) is 6.22. The highest BCUT2D eigenvalue weighted by Crippen LogP contribution is 2.30. The molecule has 9 heteroatoms. The van der Waals surface area contributed by atoms with Crippen LogP contribution >= 0.6 is 34.3 Å². The smallest absolute Gasteiger partial charge is 0.286 e. The first-order valence-corrected chi connectivity index (χ1v) is 11.4. The second-order valence-corrected chi connectivity index (χ2v) is 9.32. The van der Waals surface area contributed by atoms with Gasteiger partial charge in [-0.15, -0.1) is 21.5 Å². The number of carbonyl (C=O) groups excluding carboxylic acids is 2. The van der Waals surface area contributed by atoms with E-state index in [0.717, 1.165) is 29.3 Å². The van der Waals surface area contributed by atoms with Gasteiger partial charge in [-0.25, -0.2) is 0 Å². The van der Waals surface area contributed by atoms with Gasteiger partial charge in [-0.3, -0.25) is 9.59 Å². The average molecular weight is 447 g/mol. The van der Waals surface area contributed by atoms with Crippen molar-refractivity contribution < 1.29 is 9.59 Å². The van der Waals surface area contributed by atoms with Crippen LogP contribution < -0.4 is 5.32 Å². The summed E-state index contributed by atoms with van der Waals surface area (Å²) >= 11 is 8.76. The first kappa shape index (κ1) is 20.0. The number of amides is 2. The van der Waals surface area contributed by atoms with Gasteiger partial charge in [-0.1, -0.05) is 29.0 Å². The summed E-state index contributed by atoms with van der Waals surface area (Å²) in [7, 11) is 0. The van der Waals surface area contributed by atoms with E-state index in [1.165, 1.54) is 11.3 Å². The van der Waals surface area contributed by atoms with Crippen molar-refractivity contribution in [3.8, 4) is 0 Å². The molecule has 4 rings (SSSR count). The SMILES string of the molecule is O=C(Nc1ccc(Cl)cc1)c1nnc(C2CCCN(C(=O)Cc3cccs3)C2)s1. The number of thiophene rings is 1. The summed E-state index contributed by atoms with van der Waals surface area (Å²) in [4.78, 5) is 28.0. The molecule has 0 radical (unpaired) electrons. The number of hydrogen-bond donors (Lipinski definition) is 1. The molecule has 1 aromatic carbocycles. The number of aromatic nitrogens is 2. The number of likely N-dealkylation sites (tertiary alicyclic amines) is 1. The summed E-state index contributed by atoms with van der Waals surface area (Å²) in [5, 5.41) is 14.8. The third-order valence-corrected chi connectivity index (χ3v) is 6.98. The lowest BCUT2D eigenvalue weighted by atomic mass is 9.98. The Bertz CT molecular complexity index is 988. The second-order valence-electron chi connectivity index (χ2n) is 6.84. The van der Waals surface area contributed by atoms with Gasteiger partial charge in [0.05, 0.1) is 6.42 Å². The highest BCUT2D eigenvalue weighted by Gasteiger charge is 2.28. The van der Waals surface area contributed by atoms with Gasteiger partial charge in [0.15, 0.2) is 0 Å². The van der Waals surface area contributed by atoms with Gasteiger partial charge in [-0.2, -0.15) is 0 Å². The van der Waals surface area contributed by atoms with Crippen LogP contribution in [0.4, 0.5) is 5.69 Å². The van der Waals surface area contributed by atoms with E-state index in [4.69, 9.17) is 11.6 Å². The van der Waals surface area contributed by atoms with E-state index in [1.54, 1.807) is 35.6 Å². The first-order chi connectivity index (χ1) is 14.1. The fraction of sp³-hybridized carbons (Fsp3) is 0.300. The van der Waals surface area contributed by atoms with Crippen LogP contribution in [-0.4, -0.2) is 40.0 Å². The molecule has 1 saturated heterocycles. The summed E-state index contributed by atoms with van der Waals surface area (Å²) in [6.07, 6.45) is 2.30. The van der Waals surface area contributed by atoms with E-state index >= 15 is 0 Å². The van der Waals surface area contributed by atoms with Crippen molar-refractivity contribution in [2.24, 2.45) is 0 Å². The fourth-order valence-electron chi connectivity index (χ4n) is 3.29. The Morgan fingerprint density at radius 3 is 2.79 bits per heavy atom. The number of anilines is 1. The Labute approximate surface area is 181 Å². The average Bonchev–Trinajstić information content (AvgIpc) is 3.42. The first-order valence-electron chi connectivity index (χ1n) is 9.29. The Balaban J connectivity index is 1.38. The number of benzene rings is 1. The van der Waals surface area contributed by atoms with Crippen molar-refractivity contribution in [2.75, 3.05) is 18.4 Å². The molecule has 3 heterocycles. The molecule has 29 heavy (non-hydrogen) atoms. The minimum absolute atomic E-state index is 0.116. The van der Waals surface area contributed by atoms with E-state index in [1.807, 2.05) is 22.4 Å². The molecule has 0 aliphatic carbocycles. The highest BCUT2D eigenvalue weighted by atomic mass is 35.5. The van der Waals surface area contributed by atoms with Gasteiger partial charge in [0.2, 0.25) is 10.9 Å². The van der Waals surface area contributed by atoms with Crippen LogP contribution in [0.5, 0.6) is 0 Å². The third kappa shape index (κ3) is 5.01. The van der Waals surface area contributed by atoms with Crippen LogP contribution in [0.3, 0.4) is 0 Å². The van der Waals surface area contributed by atoms with E-state index < -0.39 is 0 Å². The zero-order valence-corrected chi connectivity index (χ0v) is 17.9. The fourth-order valence-corrected chi connectivity index (χ4v) is 4.97. The lowest BCUT2D eigenvalue weighted by molar-refractivity contribution is -0.131. The largest absolute Gasteiger partial charge is 0.342 e. The molecule has 2 aromatic heterocycles. The number of piperidine rings is 1. The Morgan fingerprint density at radius 1 is 1.21 bits per heavy atom. The van der Waals surface area contributed by atoms with Gasteiger partial charge < -0.3 is 10.2 Å². The van der Waals surface area contributed by atoms with Crippen LogP contribution in [-0.2, 0) is 11.2 Å². The molecule has 0 bridgehead atoms. The topological polar surface area (TPSA) is 75.2 Å². The number of rotatable bonds is 5. The summed E-state index contributed by atoms with van der Waals surface area (Å²) in [5.41, 5.74) is 0.652. The van der Waals surface area contributed by atoms with E-state index in [9.17, 15) is 9.59 Å². The molecule has 1 unspecified atom stereocenters. The minimum atomic E-state index is -0.294. The van der Waals surface area contributed by atoms with Gasteiger partial charge in [0.1, 0.15) is 5.01 Å². The van der Waals surface area contributed by atoms with E-state index in [-0.39, 0.29) is 17.7 Å². The van der Waals surface area contributed by atoms with Gasteiger partial charge in [-0.05, 0) is 48.6 Å². The van der Waals surface area contributed by atoms with Crippen LogP contribution in [0, 0.1) is 0 Å². The molecule has 150 valence electrons. The molecule has 1 N–H and O–H groups in total. The molecule has 0 saturated carbocycles. The summed E-state index contributed by atoms with van der Waals surface area (Å²) in [6, 6.07) is 10.9. The molecule has 0 spiro atoms. The zero-order chi connectivity index (χ0) is 20.2. The number of hydrogen-bond acceptors (Lipinski definition) is 6. The van der Waals surface area contributed by atoms with Crippen LogP contribution in [0.15, 0.2) is 41.8 Å². The molecule has 3 aromatic rings. The number of carbonyl (C=O) groups is 2. The summed E-state index contributed by atoms with van der Waals surface area (Å²) < 4.78 is 0. The molecule has 2 amide bonds. The Hall–Kier alpha value is -2.29. The lowest BCUT2D eigenvalue weighted by Crippen LogP contribution is -2.39. The quantitative estimate of drug-likeness (QED) is 0.628. The van der Waals surface area contributed by atoms with Gasteiger partial charge in [0.25, 0.3) is 5.91 Å². The van der Waals surface area contributed by atoms with Crippen molar-refractivity contribution in [3.05, 3.63) is 61.7 Å². The molecule has 1 aliphatic heterocycles. The third-order valence-electron chi connectivity index (χ3n) is 4.77. The number of nitrogens with one attached hydrogen (secondary N) is 1. The maximum atomic E-state index is 12.6. The Morgan fingerprint density at radius 2 is 2.03 bits per heavy atom. The van der Waals surface area contributed by atoms with Crippen molar-refractivity contribution >= 4 is 51.8 Å². The standard InChI is InChI=1S/C20H19ClN4O2S2/c21-14-5-7-15(8-6-14)22-18(27)20-24-23-19(29-20)13-3-1-9-25(12-13)17(26)11-16-4-2-10-28-16/h2,4-8,10,13H,1,3,9,11-12H2,(H,22,27). The summed E-state index contributed by atoms with van der Waals surface area (Å²) in [6.45, 7) is 1.39. The number of halogens is 1. The second kappa shape index (κ2) is 9.02.